The van der Waals surface area contributed by atoms with Gasteiger partial charge in [0.05, 0.1) is 151 Å². The van der Waals surface area contributed by atoms with Crippen molar-refractivity contribution in [3.8, 4) is 45.0 Å². The smallest absolute Gasteiger partial charge is 0.274 e. The van der Waals surface area contributed by atoms with E-state index in [0.717, 1.165) is 30.7 Å². The fourth-order valence-electron chi connectivity index (χ4n) is 17.1. The van der Waals surface area contributed by atoms with Crippen LogP contribution < -0.4 is 44.2 Å². The lowest BCUT2D eigenvalue weighted by Gasteiger charge is -2.32. The number of carbonyl (C=O) groups excluding carboxylic acids is 4. The van der Waals surface area contributed by atoms with Gasteiger partial charge in [-0.25, -0.2) is 83.8 Å². The second-order valence-electron chi connectivity index (χ2n) is 34.7. The van der Waals surface area contributed by atoms with E-state index < -0.39 is 170 Å². The number of hydrogen-bond acceptors (Lipinski definition) is 26. The summed E-state index contributed by atoms with van der Waals surface area (Å²) in [6.07, 6.45) is 4.88. The van der Waals surface area contributed by atoms with E-state index >= 15 is 13.2 Å². The van der Waals surface area contributed by atoms with Gasteiger partial charge in [0.1, 0.15) is 98.7 Å². The minimum Gasteiger partial charge on any atom is -0.394 e. The lowest BCUT2D eigenvalue weighted by molar-refractivity contribution is -0.136. The van der Waals surface area contributed by atoms with E-state index in [9.17, 15) is 101 Å². The molecule has 0 radical (unpaired) electrons. The third kappa shape index (κ3) is 27.8. The zero-order valence-corrected chi connectivity index (χ0v) is 84.0. The first-order valence-corrected chi connectivity index (χ1v) is 49.0. The first kappa shape index (κ1) is 109. The quantitative estimate of drug-likeness (QED) is 0.0197. The topological polar surface area (TPSA) is 526 Å². The molecule has 0 unspecified atom stereocenters. The molecule has 0 spiro atoms. The van der Waals surface area contributed by atoms with Gasteiger partial charge in [-0.1, -0.05) is 24.3 Å². The number of benzene rings is 8. The summed E-state index contributed by atoms with van der Waals surface area (Å²) in [5, 5.41) is 108. The van der Waals surface area contributed by atoms with Crippen molar-refractivity contribution in [2.24, 2.45) is 0 Å². The number of aromatic nitrogens is 8. The number of nitrogens with one attached hydrogen (secondary N) is 4. The molecule has 4 heterocycles. The number of amides is 4. The number of aliphatic hydroxyl groups is 10. The van der Waals surface area contributed by atoms with Crippen molar-refractivity contribution < 1.29 is 114 Å². The van der Waals surface area contributed by atoms with Crippen LogP contribution in [-0.2, 0) is 0 Å². The van der Waals surface area contributed by atoms with Crippen molar-refractivity contribution >= 4 is 137 Å². The second-order valence-corrected chi connectivity index (χ2v) is 39.7. The number of alkyl halides is 2. The Kier molecular flexibility index (Phi) is 37.3. The fourth-order valence-corrected chi connectivity index (χ4v) is 19.7. The van der Waals surface area contributed by atoms with Crippen molar-refractivity contribution in [2.75, 3.05) is 49.4 Å². The van der Waals surface area contributed by atoms with Crippen LogP contribution in [-0.4, -0.2) is 184 Å². The number of nitrogens with zero attached hydrogens (tertiary/aromatic N) is 8. The molecule has 8 aromatic carbocycles. The summed E-state index contributed by atoms with van der Waals surface area (Å²) in [7, 11) is 0. The van der Waals surface area contributed by atoms with Crippen molar-refractivity contribution in [1.29, 1.82) is 0 Å². The number of aliphatic hydroxyl groups excluding tert-OH is 10. The van der Waals surface area contributed by atoms with E-state index in [2.05, 4.69) is 61.1 Å². The first-order valence-electron chi connectivity index (χ1n) is 44.7. The van der Waals surface area contributed by atoms with E-state index in [0.29, 0.717) is 127 Å². The van der Waals surface area contributed by atoms with Crippen LogP contribution in [0.15, 0.2) is 170 Å². The summed E-state index contributed by atoms with van der Waals surface area (Å²) in [5.74, 6) is -12.5. The Labute approximate surface area is 865 Å². The van der Waals surface area contributed by atoms with Crippen LogP contribution >= 0.6 is 90.4 Å². The predicted molar refractivity (Wildman–Crippen MR) is 540 cm³/mol. The molecule has 14 atom stereocenters. The summed E-state index contributed by atoms with van der Waals surface area (Å²) >= 11 is 7.67. The molecule has 30 nitrogen and oxygen atoms in total. The molecular formula is C99H96F10I4N16O14. The van der Waals surface area contributed by atoms with Gasteiger partial charge in [-0.05, 0) is 305 Å². The maximum Gasteiger partial charge on any atom is 0.274 e. The van der Waals surface area contributed by atoms with Gasteiger partial charge in [-0.3, -0.25) is 19.2 Å². The predicted octanol–water partition coefficient (Wildman–Crippen LogP) is 14.2. The van der Waals surface area contributed by atoms with Crippen LogP contribution in [0.1, 0.15) is 211 Å². The molecule has 143 heavy (non-hydrogen) atoms. The highest BCUT2D eigenvalue weighted by molar-refractivity contribution is 14.1. The number of hydrogen-bond donors (Lipinski definition) is 18. The van der Waals surface area contributed by atoms with Gasteiger partial charge in [-0.15, -0.1) is 0 Å². The van der Waals surface area contributed by atoms with Crippen molar-refractivity contribution in [1.82, 2.24) is 61.1 Å². The summed E-state index contributed by atoms with van der Waals surface area (Å²) < 4.78 is 145. The highest BCUT2D eigenvalue weighted by Crippen LogP contribution is 2.44. The van der Waals surface area contributed by atoms with Crippen LogP contribution in [0.4, 0.5) is 67.2 Å². The molecule has 0 aliphatic heterocycles. The highest BCUT2D eigenvalue weighted by atomic mass is 127. The number of nitrogens with two attached hydrogens (primary N) is 4. The van der Waals surface area contributed by atoms with E-state index in [1.54, 1.807) is 30.5 Å². The Bertz CT molecular complexity index is 6390. The lowest BCUT2D eigenvalue weighted by atomic mass is 9.83. The Hall–Kier alpha value is -11.0. The molecule has 44 heteroatoms. The van der Waals surface area contributed by atoms with Crippen LogP contribution in [0, 0.1) is 60.8 Å². The molecule has 0 saturated heterocycles. The van der Waals surface area contributed by atoms with E-state index in [-0.39, 0.29) is 111 Å². The molecule has 4 fully saturated rings. The molecule has 4 aromatic heterocycles. The Morgan fingerprint density at radius 2 is 0.587 bits per heavy atom. The third-order valence-corrected chi connectivity index (χ3v) is 27.3. The third-order valence-electron chi connectivity index (χ3n) is 24.8. The molecule has 0 bridgehead atoms. The van der Waals surface area contributed by atoms with Gasteiger partial charge in [0.25, 0.3) is 29.6 Å². The molecule has 12 aromatic rings. The van der Waals surface area contributed by atoms with Crippen LogP contribution in [0.5, 0.6) is 0 Å². The van der Waals surface area contributed by atoms with Gasteiger partial charge >= 0.3 is 0 Å². The summed E-state index contributed by atoms with van der Waals surface area (Å²) in [5.41, 5.74) is 28.3. The second kappa shape index (κ2) is 48.8. The average Bonchev–Trinajstić information content (AvgIpc) is 0.971. The Morgan fingerprint density at radius 1 is 0.336 bits per heavy atom. The molecular weight excluding hydrogens is 2330 g/mol. The van der Waals surface area contributed by atoms with E-state index in [1.165, 1.54) is 116 Å². The van der Waals surface area contributed by atoms with Crippen LogP contribution in [0.3, 0.4) is 0 Å². The monoisotopic (exact) mass is 2430 g/mol. The van der Waals surface area contributed by atoms with Crippen LogP contribution in [0.25, 0.3) is 45.0 Å². The largest absolute Gasteiger partial charge is 0.394 e. The lowest BCUT2D eigenvalue weighted by Crippen LogP contribution is -2.39. The number of carbonyl (C=O) groups is 4. The van der Waals surface area contributed by atoms with Crippen LogP contribution in [0.2, 0.25) is 0 Å². The molecule has 16 rings (SSSR count). The zero-order chi connectivity index (χ0) is 103. The Morgan fingerprint density at radius 3 is 0.818 bits per heavy atom. The van der Waals surface area contributed by atoms with E-state index in [1.807, 2.05) is 90.4 Å². The van der Waals surface area contributed by atoms with Gasteiger partial charge in [-0.2, -0.15) is 0 Å². The molecule has 4 amide bonds. The minimum absolute atomic E-state index is 0.0518. The summed E-state index contributed by atoms with van der Waals surface area (Å²) in [4.78, 5) is 85.5. The normalized spacial score (nSPS) is 20.0. The first-order chi connectivity index (χ1) is 68.0. The van der Waals surface area contributed by atoms with Gasteiger partial charge in [0.15, 0.2) is 0 Å². The standard InChI is InChI=1S/C25H23F4IN4O3.2C25H25F2IN4O4.C24H23F2IN4O3/c26-15-5-14(6-16(30)8-15)20(11-35)34-24(37)17-3-1-12(7-18(17)27)22-23(31)32-10-19(33-22)13-2-4-21(36)25(28,29)9-13;2*26-15-5-14(6-16(28)9-15)20(11-33)32-25(36)17-3-1-13(7-18(17)27)23-24(29)30-10-19(31-23)12-2-4-21(34)22(35)8-12;25-15-5-14(6-16(27)9-15)21(11-32)31-24(34)18-4-2-13(8-19(18)26)22-23(28)29-10-20(30-22)12-1-3-17(33)7-12/h1,3,5-8,10,13,20-21,35-36H,2,4,9,11H2,(H2,31,32)(H,34,37);2*1,3,5-7,9-10,12,20-22,33-35H,2,4,8,11H2,(H2,29,30)(H,32,36);2,4-6,8-10,12,17,21,32-33H,1,3,7,11H2,(H2,28,29)(H,31,34)/t13-,20+,21-;12-,20+,21+,22-;12-,20+,21-,22-;12-,17+,21+/m0000/s1. The average molecular weight is 2430 g/mol. The number of nitrogen functional groups attached to an aromatic ring is 4. The summed E-state index contributed by atoms with van der Waals surface area (Å²) in [6, 6.07) is 28.1. The number of halogens is 14. The van der Waals surface area contributed by atoms with E-state index in [4.69, 9.17) is 22.9 Å². The molecule has 22 N–H and O–H groups in total. The minimum atomic E-state index is -3.26. The fraction of sp³-hybridized carbons (Fsp3) is 0.313. The zero-order valence-electron chi connectivity index (χ0n) is 75.3. The Balaban J connectivity index is 0.000000160. The number of anilines is 4. The maximum atomic E-state index is 15.0. The number of rotatable bonds is 24. The maximum absolute atomic E-state index is 15.0. The summed E-state index contributed by atoms with van der Waals surface area (Å²) in [6.45, 7) is -2.03. The van der Waals surface area contributed by atoms with Crippen molar-refractivity contribution in [3.05, 3.63) is 298 Å². The SMILES string of the molecule is Nc1ncc([C@H]2CC[C@@H](O)C2)nc1-c1ccc(C(=O)N[C@H](CO)c2cc(F)cc(I)c2)c(F)c1.Nc1ncc([C@H]2CC[C@@H](O)[C@@H](O)C2)nc1-c1ccc(C(=O)N[C@H](CO)c2cc(F)cc(I)c2)c(F)c1.Nc1ncc([C@H]2CC[C@H](O)C(F)(F)C2)nc1-c1ccc(C(=O)N[C@H](CO)c2cc(F)cc(I)c2)c(F)c1.Nc1ncc([C@H]2CC[C@H](O)[C@@H](O)C2)nc1-c1ccc(C(=O)N[C@H](CO)c2cc(F)cc(I)c2)c(F)c1. The van der Waals surface area contributed by atoms with Gasteiger partial charge in [0, 0.05) is 66.6 Å². The molecule has 4 saturated carbocycles. The van der Waals surface area contributed by atoms with Crippen molar-refractivity contribution in [2.45, 2.75) is 167 Å². The molecule has 4 aliphatic carbocycles. The van der Waals surface area contributed by atoms with Gasteiger partial charge in [0.2, 0.25) is 0 Å². The van der Waals surface area contributed by atoms with Gasteiger partial charge < -0.3 is 95.3 Å². The molecule has 754 valence electrons. The molecule has 4 aliphatic rings. The van der Waals surface area contributed by atoms with Crippen molar-refractivity contribution in [3.63, 3.8) is 0 Å². The highest BCUT2D eigenvalue weighted by Gasteiger charge is 2.46.